The molecule has 2 saturated heterocycles. The zero-order valence-electron chi connectivity index (χ0n) is 15.8. The number of fused-ring (bicyclic) bond motifs is 1. The van der Waals surface area contributed by atoms with E-state index in [4.69, 9.17) is 14.2 Å². The molecule has 4 atom stereocenters. The van der Waals surface area contributed by atoms with Crippen LogP contribution in [0.15, 0.2) is 0 Å². The van der Waals surface area contributed by atoms with Crippen molar-refractivity contribution in [2.75, 3.05) is 13.2 Å². The quantitative estimate of drug-likeness (QED) is 0.402. The predicted octanol–water partition coefficient (Wildman–Crippen LogP) is 3.76. The van der Waals surface area contributed by atoms with Crippen molar-refractivity contribution in [1.82, 2.24) is 0 Å². The van der Waals surface area contributed by atoms with Crippen LogP contribution in [0, 0.1) is 0 Å². The van der Waals surface area contributed by atoms with Gasteiger partial charge in [0.1, 0.15) is 18.3 Å². The maximum atomic E-state index is 11.9. The molecule has 2 rings (SSSR count). The van der Waals surface area contributed by atoms with Crippen LogP contribution in [-0.2, 0) is 19.0 Å². The number of hydrogen-bond acceptors (Lipinski definition) is 5. The molecular formula is C20H36O5. The van der Waals surface area contributed by atoms with Crippen molar-refractivity contribution in [1.29, 1.82) is 0 Å². The van der Waals surface area contributed by atoms with Crippen molar-refractivity contribution in [2.45, 2.75) is 108 Å². The molecule has 0 aromatic heterocycles. The lowest BCUT2D eigenvalue weighted by Crippen LogP contribution is -2.34. The van der Waals surface area contributed by atoms with E-state index in [1.807, 2.05) is 0 Å². The molecule has 0 aromatic rings. The van der Waals surface area contributed by atoms with Crippen LogP contribution in [-0.4, -0.2) is 48.7 Å². The first-order valence-corrected chi connectivity index (χ1v) is 10.3. The summed E-state index contributed by atoms with van der Waals surface area (Å²) in [4.78, 5) is 11.9. The maximum absolute atomic E-state index is 11.9. The summed E-state index contributed by atoms with van der Waals surface area (Å²) in [7, 11) is 0. The third kappa shape index (κ3) is 7.24. The highest BCUT2D eigenvalue weighted by atomic mass is 16.6. The van der Waals surface area contributed by atoms with Gasteiger partial charge in [0.15, 0.2) is 6.10 Å². The summed E-state index contributed by atoms with van der Waals surface area (Å²) >= 11 is 0. The Kier molecular flexibility index (Phi) is 9.81. The smallest absolute Gasteiger partial charge is 0.306 e. The van der Waals surface area contributed by atoms with E-state index in [-0.39, 0.29) is 30.9 Å². The van der Waals surface area contributed by atoms with Crippen LogP contribution in [0.25, 0.3) is 0 Å². The van der Waals surface area contributed by atoms with E-state index in [1.165, 1.54) is 57.8 Å². The number of carbonyl (C=O) groups is 1. The summed E-state index contributed by atoms with van der Waals surface area (Å²) in [5, 5.41) is 9.68. The first kappa shape index (κ1) is 20.7. The van der Waals surface area contributed by atoms with Crippen molar-refractivity contribution < 1.29 is 24.1 Å². The summed E-state index contributed by atoms with van der Waals surface area (Å²) in [5.41, 5.74) is 0. The minimum atomic E-state index is -0.597. The van der Waals surface area contributed by atoms with Gasteiger partial charge in [-0.05, 0) is 6.42 Å². The van der Waals surface area contributed by atoms with E-state index in [2.05, 4.69) is 6.92 Å². The minimum Gasteiger partial charge on any atom is -0.457 e. The van der Waals surface area contributed by atoms with Crippen LogP contribution in [0.5, 0.6) is 0 Å². The Morgan fingerprint density at radius 1 is 0.880 bits per heavy atom. The van der Waals surface area contributed by atoms with Gasteiger partial charge in [0, 0.05) is 6.42 Å². The number of aliphatic hydroxyl groups excluding tert-OH is 1. The summed E-state index contributed by atoms with van der Waals surface area (Å²) in [6, 6.07) is 0. The molecule has 0 unspecified atom stereocenters. The van der Waals surface area contributed by atoms with E-state index >= 15 is 0 Å². The van der Waals surface area contributed by atoms with Crippen LogP contribution in [0.2, 0.25) is 0 Å². The number of unbranched alkanes of at least 4 members (excludes halogenated alkanes) is 10. The SMILES string of the molecule is CCCCCCCCCCCCCC(=O)O[C@@H]1CO[C@H]2[C@@H]1OC[C@@H]2O. The maximum Gasteiger partial charge on any atom is 0.306 e. The van der Waals surface area contributed by atoms with E-state index in [1.54, 1.807) is 0 Å². The van der Waals surface area contributed by atoms with Gasteiger partial charge < -0.3 is 19.3 Å². The van der Waals surface area contributed by atoms with Gasteiger partial charge in [-0.15, -0.1) is 0 Å². The standard InChI is InChI=1S/C20H36O5/c1-2-3-4-5-6-7-8-9-10-11-12-13-18(22)25-17-15-24-19-16(21)14-23-20(17)19/h16-17,19-21H,2-15H2,1H3/t16-,17+,19+,20+/m0/s1. The molecule has 0 amide bonds. The minimum absolute atomic E-state index is 0.171. The van der Waals surface area contributed by atoms with Crippen molar-refractivity contribution >= 4 is 5.97 Å². The Hall–Kier alpha value is -0.650. The van der Waals surface area contributed by atoms with Gasteiger partial charge in [0.05, 0.1) is 13.2 Å². The van der Waals surface area contributed by atoms with Crippen LogP contribution in [0.3, 0.4) is 0 Å². The van der Waals surface area contributed by atoms with Gasteiger partial charge in [0.25, 0.3) is 0 Å². The largest absolute Gasteiger partial charge is 0.457 e. The van der Waals surface area contributed by atoms with Gasteiger partial charge in [-0.25, -0.2) is 0 Å². The lowest BCUT2D eigenvalue weighted by Gasteiger charge is -2.16. The molecule has 0 aromatic carbocycles. The topological polar surface area (TPSA) is 65.0 Å². The molecule has 1 N–H and O–H groups in total. The number of aliphatic hydroxyl groups is 1. The fourth-order valence-electron chi connectivity index (χ4n) is 3.71. The molecule has 25 heavy (non-hydrogen) atoms. The molecule has 5 nitrogen and oxygen atoms in total. The second kappa shape index (κ2) is 11.9. The van der Waals surface area contributed by atoms with Gasteiger partial charge in [-0.1, -0.05) is 71.1 Å². The van der Waals surface area contributed by atoms with Gasteiger partial charge in [-0.3, -0.25) is 4.79 Å². The molecule has 0 saturated carbocycles. The van der Waals surface area contributed by atoms with Crippen LogP contribution >= 0.6 is 0 Å². The van der Waals surface area contributed by atoms with Crippen molar-refractivity contribution in [2.24, 2.45) is 0 Å². The molecule has 0 spiro atoms. The van der Waals surface area contributed by atoms with E-state index in [9.17, 15) is 9.90 Å². The summed E-state index contributed by atoms with van der Waals surface area (Å²) in [5.74, 6) is -0.171. The second-order valence-electron chi connectivity index (χ2n) is 7.48. The fourth-order valence-corrected chi connectivity index (χ4v) is 3.71. The predicted molar refractivity (Wildman–Crippen MR) is 96.4 cm³/mol. The Balaban J connectivity index is 1.40. The molecule has 0 radical (unpaired) electrons. The second-order valence-corrected chi connectivity index (χ2v) is 7.48. The Morgan fingerprint density at radius 2 is 1.44 bits per heavy atom. The number of ether oxygens (including phenoxy) is 3. The molecule has 0 aliphatic carbocycles. The van der Waals surface area contributed by atoms with E-state index in [0.717, 1.165) is 12.8 Å². The van der Waals surface area contributed by atoms with Crippen LogP contribution in [0.4, 0.5) is 0 Å². The average molecular weight is 357 g/mol. The number of hydrogen-bond donors (Lipinski definition) is 1. The molecule has 0 bridgehead atoms. The monoisotopic (exact) mass is 356 g/mol. The number of carbonyl (C=O) groups excluding carboxylic acids is 1. The highest BCUT2D eigenvalue weighted by molar-refractivity contribution is 5.69. The Morgan fingerprint density at radius 3 is 2.08 bits per heavy atom. The average Bonchev–Trinajstić information content (AvgIpc) is 3.16. The normalized spacial score (nSPS) is 28.2. The van der Waals surface area contributed by atoms with Crippen molar-refractivity contribution in [3.63, 3.8) is 0 Å². The lowest BCUT2D eigenvalue weighted by atomic mass is 10.1. The van der Waals surface area contributed by atoms with E-state index in [0.29, 0.717) is 13.0 Å². The lowest BCUT2D eigenvalue weighted by molar-refractivity contribution is -0.153. The molecule has 2 fully saturated rings. The van der Waals surface area contributed by atoms with E-state index < -0.39 is 6.10 Å². The molecule has 2 aliphatic heterocycles. The number of esters is 1. The summed E-state index contributed by atoms with van der Waals surface area (Å²) in [6.07, 6.45) is 12.8. The highest BCUT2D eigenvalue weighted by Gasteiger charge is 2.48. The molecule has 2 aliphatic rings. The number of rotatable bonds is 13. The first-order chi connectivity index (χ1) is 12.2. The van der Waals surface area contributed by atoms with Crippen molar-refractivity contribution in [3.8, 4) is 0 Å². The third-order valence-corrected chi connectivity index (χ3v) is 5.25. The van der Waals surface area contributed by atoms with Crippen LogP contribution < -0.4 is 0 Å². The zero-order chi connectivity index (χ0) is 17.9. The Bertz CT molecular complexity index is 373. The molecule has 2 heterocycles. The summed E-state index contributed by atoms with van der Waals surface area (Å²) < 4.78 is 16.4. The molecule has 5 heteroatoms. The zero-order valence-corrected chi connectivity index (χ0v) is 15.8. The first-order valence-electron chi connectivity index (χ1n) is 10.3. The highest BCUT2D eigenvalue weighted by Crippen LogP contribution is 2.29. The van der Waals surface area contributed by atoms with Gasteiger partial charge >= 0.3 is 5.97 Å². The Labute approximate surface area is 152 Å². The molecule has 146 valence electrons. The van der Waals surface area contributed by atoms with Crippen LogP contribution in [0.1, 0.15) is 84.0 Å². The van der Waals surface area contributed by atoms with Gasteiger partial charge in [0.2, 0.25) is 0 Å². The molecular weight excluding hydrogens is 320 g/mol. The van der Waals surface area contributed by atoms with Gasteiger partial charge in [-0.2, -0.15) is 0 Å². The third-order valence-electron chi connectivity index (χ3n) is 5.25. The summed E-state index contributed by atoms with van der Waals surface area (Å²) in [6.45, 7) is 2.85. The fraction of sp³-hybridized carbons (Fsp3) is 0.950. The van der Waals surface area contributed by atoms with Crippen molar-refractivity contribution in [3.05, 3.63) is 0 Å².